The summed E-state index contributed by atoms with van der Waals surface area (Å²) in [6.07, 6.45) is 6.61. The number of aromatic nitrogens is 1. The number of piperidine rings is 1. The van der Waals surface area contributed by atoms with Crippen LogP contribution in [0.25, 0.3) is 10.9 Å². The first kappa shape index (κ1) is 24.6. The van der Waals surface area contributed by atoms with Crippen molar-refractivity contribution in [3.8, 4) is 0 Å². The van der Waals surface area contributed by atoms with Crippen LogP contribution in [0.1, 0.15) is 76.6 Å². The second-order valence-corrected chi connectivity index (χ2v) is 12.1. The minimum Gasteiger partial charge on any atom is -0.460 e. The fourth-order valence-electron chi connectivity index (χ4n) is 6.44. The number of hydrogen-bond donors (Lipinski definition) is 0. The quantitative estimate of drug-likeness (QED) is 0.520. The van der Waals surface area contributed by atoms with Crippen molar-refractivity contribution >= 4 is 34.4 Å². The molecule has 0 saturated carbocycles. The van der Waals surface area contributed by atoms with Gasteiger partial charge in [-0.15, -0.1) is 0 Å². The van der Waals surface area contributed by atoms with Crippen molar-refractivity contribution < 1.29 is 14.3 Å². The first-order valence-electron chi connectivity index (χ1n) is 13.2. The number of likely N-dealkylation sites (N-methyl/N-ethyl adjacent to an activating group) is 1. The summed E-state index contributed by atoms with van der Waals surface area (Å²) < 4.78 is 7.99. The average molecular weight is 500 g/mol. The third-order valence-corrected chi connectivity index (χ3v) is 8.27. The number of benzene rings is 1. The van der Waals surface area contributed by atoms with Crippen LogP contribution in [0.5, 0.6) is 0 Å². The third kappa shape index (κ3) is 4.84. The van der Waals surface area contributed by atoms with Gasteiger partial charge in [-0.05, 0) is 83.7 Å². The number of ether oxygens (including phenoxy) is 1. The average Bonchev–Trinajstić information content (AvgIpc) is 3.21. The Kier molecular flexibility index (Phi) is 6.64. The van der Waals surface area contributed by atoms with E-state index in [0.29, 0.717) is 18.6 Å². The van der Waals surface area contributed by atoms with Crippen molar-refractivity contribution in [3.63, 3.8) is 0 Å². The molecule has 3 atom stereocenters. The Bertz CT molecular complexity index is 1130. The lowest BCUT2D eigenvalue weighted by Gasteiger charge is -2.34. The molecule has 4 heterocycles. The SMILES string of the molecule is CN1C2CCC1c1c(n(CC(CC(=O)OC(C)(C)C)C(=O)N3CCCCC3)c3ccc(Cl)cc13)C2. The van der Waals surface area contributed by atoms with E-state index < -0.39 is 11.5 Å². The molecule has 1 aromatic heterocycles. The van der Waals surface area contributed by atoms with Gasteiger partial charge in [0, 0.05) is 59.8 Å². The molecule has 190 valence electrons. The zero-order valence-corrected chi connectivity index (χ0v) is 22.2. The molecule has 5 rings (SSSR count). The molecule has 1 amide bonds. The molecule has 7 heteroatoms. The lowest BCUT2D eigenvalue weighted by molar-refractivity contribution is -0.158. The largest absolute Gasteiger partial charge is 0.460 e. The maximum absolute atomic E-state index is 13.8. The molecule has 0 radical (unpaired) electrons. The van der Waals surface area contributed by atoms with Crippen LogP contribution in [0, 0.1) is 5.92 Å². The van der Waals surface area contributed by atoms with E-state index >= 15 is 0 Å². The topological polar surface area (TPSA) is 54.8 Å². The Hall–Kier alpha value is -2.05. The molecule has 2 aromatic rings. The predicted octanol–water partition coefficient (Wildman–Crippen LogP) is 5.35. The molecule has 2 bridgehead atoms. The maximum Gasteiger partial charge on any atom is 0.307 e. The second-order valence-electron chi connectivity index (χ2n) is 11.6. The summed E-state index contributed by atoms with van der Waals surface area (Å²) in [4.78, 5) is 31.1. The van der Waals surface area contributed by atoms with E-state index in [0.717, 1.165) is 55.7 Å². The van der Waals surface area contributed by atoms with Gasteiger partial charge in [0.25, 0.3) is 0 Å². The Morgan fingerprint density at radius 2 is 1.89 bits per heavy atom. The van der Waals surface area contributed by atoms with Gasteiger partial charge in [0.15, 0.2) is 0 Å². The molecule has 0 spiro atoms. The zero-order valence-electron chi connectivity index (χ0n) is 21.5. The van der Waals surface area contributed by atoms with Crippen LogP contribution in [0.3, 0.4) is 0 Å². The van der Waals surface area contributed by atoms with E-state index in [4.69, 9.17) is 16.3 Å². The van der Waals surface area contributed by atoms with Crippen LogP contribution >= 0.6 is 11.6 Å². The zero-order chi connectivity index (χ0) is 24.9. The molecule has 35 heavy (non-hydrogen) atoms. The smallest absolute Gasteiger partial charge is 0.307 e. The minimum absolute atomic E-state index is 0.0797. The van der Waals surface area contributed by atoms with Gasteiger partial charge in [-0.25, -0.2) is 0 Å². The highest BCUT2D eigenvalue weighted by Gasteiger charge is 2.41. The van der Waals surface area contributed by atoms with Gasteiger partial charge in [0.1, 0.15) is 5.60 Å². The van der Waals surface area contributed by atoms with Crippen LogP contribution in [-0.2, 0) is 27.3 Å². The molecule has 0 aliphatic carbocycles. The molecular formula is C28H38ClN3O3. The van der Waals surface area contributed by atoms with Gasteiger partial charge in [0.2, 0.25) is 5.91 Å². The van der Waals surface area contributed by atoms with Crippen LogP contribution in [0.2, 0.25) is 5.02 Å². The summed E-state index contributed by atoms with van der Waals surface area (Å²) >= 11 is 6.45. The first-order valence-corrected chi connectivity index (χ1v) is 13.5. The maximum atomic E-state index is 13.8. The summed E-state index contributed by atoms with van der Waals surface area (Å²) in [5, 5.41) is 1.92. The number of carbonyl (C=O) groups excluding carboxylic acids is 2. The van der Waals surface area contributed by atoms with Crippen molar-refractivity contribution in [1.29, 1.82) is 0 Å². The summed E-state index contributed by atoms with van der Waals surface area (Å²) in [6, 6.07) is 7.00. The summed E-state index contributed by atoms with van der Waals surface area (Å²) in [6.45, 7) is 7.66. The van der Waals surface area contributed by atoms with Gasteiger partial charge in [-0.3, -0.25) is 14.5 Å². The molecule has 2 fully saturated rings. The number of rotatable bonds is 5. The molecule has 1 aromatic carbocycles. The number of likely N-dealkylation sites (tertiary alicyclic amines) is 1. The molecule has 0 N–H and O–H groups in total. The van der Waals surface area contributed by atoms with Gasteiger partial charge in [0.05, 0.1) is 12.3 Å². The van der Waals surface area contributed by atoms with Crippen LogP contribution < -0.4 is 0 Å². The van der Waals surface area contributed by atoms with Gasteiger partial charge >= 0.3 is 5.97 Å². The Balaban J connectivity index is 1.53. The number of esters is 1. The monoisotopic (exact) mass is 499 g/mol. The van der Waals surface area contributed by atoms with Gasteiger partial charge < -0.3 is 14.2 Å². The van der Waals surface area contributed by atoms with Crippen LogP contribution in [-0.4, -0.2) is 58.0 Å². The van der Waals surface area contributed by atoms with Crippen molar-refractivity contribution in [2.45, 2.75) is 89.9 Å². The number of hydrogen-bond acceptors (Lipinski definition) is 4. The fraction of sp³-hybridized carbons (Fsp3) is 0.643. The predicted molar refractivity (Wildman–Crippen MR) is 139 cm³/mol. The first-order chi connectivity index (χ1) is 16.6. The Labute approximate surface area is 213 Å². The fourth-order valence-corrected chi connectivity index (χ4v) is 6.61. The second kappa shape index (κ2) is 9.44. The highest BCUT2D eigenvalue weighted by Crippen LogP contribution is 2.47. The van der Waals surface area contributed by atoms with E-state index in [-0.39, 0.29) is 18.3 Å². The molecule has 3 aliphatic heterocycles. The summed E-state index contributed by atoms with van der Waals surface area (Å²) in [5.74, 6) is -0.673. The van der Waals surface area contributed by atoms with Crippen LogP contribution in [0.15, 0.2) is 18.2 Å². The number of amides is 1. The van der Waals surface area contributed by atoms with Gasteiger partial charge in [-0.1, -0.05) is 11.6 Å². The Morgan fingerprint density at radius 3 is 2.60 bits per heavy atom. The van der Waals surface area contributed by atoms with Crippen molar-refractivity contribution in [1.82, 2.24) is 14.4 Å². The van der Waals surface area contributed by atoms with E-state index in [2.05, 4.69) is 28.6 Å². The van der Waals surface area contributed by atoms with Crippen LogP contribution in [0.4, 0.5) is 0 Å². The van der Waals surface area contributed by atoms with E-state index in [1.807, 2.05) is 31.7 Å². The highest BCUT2D eigenvalue weighted by atomic mass is 35.5. The highest BCUT2D eigenvalue weighted by molar-refractivity contribution is 6.31. The van der Waals surface area contributed by atoms with E-state index in [1.165, 1.54) is 23.1 Å². The molecule has 2 saturated heterocycles. The van der Waals surface area contributed by atoms with Crippen molar-refractivity contribution in [2.24, 2.45) is 5.92 Å². The van der Waals surface area contributed by atoms with E-state index in [1.54, 1.807) is 0 Å². The molecule has 3 unspecified atom stereocenters. The Morgan fingerprint density at radius 1 is 1.14 bits per heavy atom. The van der Waals surface area contributed by atoms with Crippen molar-refractivity contribution in [3.05, 3.63) is 34.5 Å². The third-order valence-electron chi connectivity index (χ3n) is 8.03. The standard InChI is InChI=1S/C28H38ClN3O3/c1-28(2,3)35-25(33)14-18(27(34)31-12-6-5-7-13-31)17-32-22-10-8-19(29)15-21(22)26-23-11-9-20(30(23)4)16-24(26)32/h8,10,15,18,20,23H,5-7,9,11-14,16-17H2,1-4H3. The number of fused-ring (bicyclic) bond motifs is 6. The minimum atomic E-state index is -0.574. The van der Waals surface area contributed by atoms with Crippen molar-refractivity contribution in [2.75, 3.05) is 20.1 Å². The summed E-state index contributed by atoms with van der Waals surface area (Å²) in [5.41, 5.74) is 3.21. The molecule has 6 nitrogen and oxygen atoms in total. The summed E-state index contributed by atoms with van der Waals surface area (Å²) in [7, 11) is 2.23. The number of halogens is 1. The van der Waals surface area contributed by atoms with E-state index in [9.17, 15) is 9.59 Å². The lowest BCUT2D eigenvalue weighted by Crippen LogP contribution is -2.42. The normalized spacial score (nSPS) is 23.4. The van der Waals surface area contributed by atoms with Gasteiger partial charge in [-0.2, -0.15) is 0 Å². The molecular weight excluding hydrogens is 462 g/mol. The number of carbonyl (C=O) groups is 2. The molecule has 3 aliphatic rings. The number of nitrogens with zero attached hydrogens (tertiary/aromatic N) is 3. The lowest BCUT2D eigenvalue weighted by atomic mass is 9.97.